The molecule has 0 saturated carbocycles. The molecule has 0 atom stereocenters. The predicted molar refractivity (Wildman–Crippen MR) is 117 cm³/mol. The lowest BCUT2D eigenvalue weighted by Crippen LogP contribution is -2.38. The molecule has 0 aromatic heterocycles. The zero-order valence-corrected chi connectivity index (χ0v) is 18.6. The molecule has 0 heterocycles. The molecule has 3 aromatic rings. The number of benzene rings is 3. The van der Waals surface area contributed by atoms with Crippen LogP contribution in [0.1, 0.15) is 0 Å². The summed E-state index contributed by atoms with van der Waals surface area (Å²) >= 11 is 3.25. The van der Waals surface area contributed by atoms with Gasteiger partial charge in [0.05, 0.1) is 12.8 Å². The van der Waals surface area contributed by atoms with Crippen molar-refractivity contribution >= 4 is 43.2 Å². The lowest BCUT2D eigenvalue weighted by molar-refractivity contribution is -0.114. The van der Waals surface area contributed by atoms with E-state index < -0.39 is 34.1 Å². The molecule has 6 nitrogen and oxygen atoms in total. The number of para-hydroxylation sites is 1. The third-order valence-electron chi connectivity index (χ3n) is 4.23. The predicted octanol–water partition coefficient (Wildman–Crippen LogP) is 4.57. The van der Waals surface area contributed by atoms with Crippen LogP contribution in [-0.4, -0.2) is 28.0 Å². The van der Waals surface area contributed by atoms with Crippen LogP contribution in [0.2, 0.25) is 0 Å². The Kier molecular flexibility index (Phi) is 6.91. The fourth-order valence-electron chi connectivity index (χ4n) is 2.78. The standard InChI is InChI=1S/C21H17BrF2N2O4S/c1-30-19-10-7-14(22)11-20(19)31(28,29)26(16-5-3-2-4-6-16)13-21(27)25-15-8-9-17(23)18(24)12-15/h2-12H,13H2,1H3,(H,25,27). The lowest BCUT2D eigenvalue weighted by atomic mass is 10.3. The number of hydrogen-bond donors (Lipinski definition) is 1. The zero-order valence-electron chi connectivity index (χ0n) is 16.2. The Morgan fingerprint density at radius 3 is 2.39 bits per heavy atom. The highest BCUT2D eigenvalue weighted by Crippen LogP contribution is 2.32. The van der Waals surface area contributed by atoms with Gasteiger partial charge in [0.15, 0.2) is 11.6 Å². The van der Waals surface area contributed by atoms with Gasteiger partial charge in [-0.25, -0.2) is 17.2 Å². The van der Waals surface area contributed by atoms with Crippen molar-refractivity contribution < 1.29 is 26.7 Å². The van der Waals surface area contributed by atoms with Gasteiger partial charge in [-0.15, -0.1) is 0 Å². The van der Waals surface area contributed by atoms with Crippen LogP contribution in [0.5, 0.6) is 5.75 Å². The van der Waals surface area contributed by atoms with Crippen LogP contribution in [0.15, 0.2) is 76.1 Å². The topological polar surface area (TPSA) is 75.7 Å². The highest BCUT2D eigenvalue weighted by Gasteiger charge is 2.30. The van der Waals surface area contributed by atoms with E-state index in [0.717, 1.165) is 16.4 Å². The van der Waals surface area contributed by atoms with E-state index >= 15 is 0 Å². The molecule has 0 bridgehead atoms. The average Bonchev–Trinajstić information content (AvgIpc) is 2.75. The molecule has 3 rings (SSSR count). The van der Waals surface area contributed by atoms with Gasteiger partial charge < -0.3 is 10.1 Å². The van der Waals surface area contributed by atoms with Crippen LogP contribution in [0.4, 0.5) is 20.2 Å². The first-order chi connectivity index (χ1) is 14.7. The highest BCUT2D eigenvalue weighted by atomic mass is 79.9. The Balaban J connectivity index is 1.98. The number of amides is 1. The number of hydrogen-bond acceptors (Lipinski definition) is 4. The van der Waals surface area contributed by atoms with Crippen molar-refractivity contribution in [1.82, 2.24) is 0 Å². The van der Waals surface area contributed by atoms with Gasteiger partial charge in [-0.05, 0) is 42.5 Å². The summed E-state index contributed by atoms with van der Waals surface area (Å²) in [6.07, 6.45) is 0. The highest BCUT2D eigenvalue weighted by molar-refractivity contribution is 9.10. The number of ether oxygens (including phenoxy) is 1. The fraction of sp³-hybridized carbons (Fsp3) is 0.0952. The van der Waals surface area contributed by atoms with E-state index in [9.17, 15) is 22.0 Å². The largest absolute Gasteiger partial charge is 0.495 e. The van der Waals surface area contributed by atoms with E-state index in [2.05, 4.69) is 21.2 Å². The third-order valence-corrected chi connectivity index (χ3v) is 6.52. The van der Waals surface area contributed by atoms with Crippen molar-refractivity contribution in [1.29, 1.82) is 0 Å². The molecule has 31 heavy (non-hydrogen) atoms. The fourth-order valence-corrected chi connectivity index (χ4v) is 4.90. The van der Waals surface area contributed by atoms with Crippen LogP contribution >= 0.6 is 15.9 Å². The van der Waals surface area contributed by atoms with Crippen molar-refractivity contribution in [2.75, 3.05) is 23.3 Å². The van der Waals surface area contributed by atoms with E-state index in [1.165, 1.54) is 37.4 Å². The molecule has 0 saturated heterocycles. The minimum atomic E-state index is -4.24. The summed E-state index contributed by atoms with van der Waals surface area (Å²) in [5.41, 5.74) is 0.235. The second-order valence-corrected chi connectivity index (χ2v) is 9.07. The quantitative estimate of drug-likeness (QED) is 0.505. The Labute approximate surface area is 186 Å². The SMILES string of the molecule is COc1ccc(Br)cc1S(=O)(=O)N(CC(=O)Nc1ccc(F)c(F)c1)c1ccccc1. The Morgan fingerprint density at radius 1 is 1.03 bits per heavy atom. The molecule has 1 N–H and O–H groups in total. The first-order valence-electron chi connectivity index (χ1n) is 8.88. The first-order valence-corrected chi connectivity index (χ1v) is 11.1. The molecule has 0 unspecified atom stereocenters. The van der Waals surface area contributed by atoms with E-state index in [1.54, 1.807) is 24.3 Å². The van der Waals surface area contributed by atoms with E-state index in [0.29, 0.717) is 4.47 Å². The van der Waals surface area contributed by atoms with Gasteiger partial charge in [-0.3, -0.25) is 9.10 Å². The Morgan fingerprint density at radius 2 is 1.74 bits per heavy atom. The van der Waals surface area contributed by atoms with Crippen LogP contribution in [0, 0.1) is 11.6 Å². The summed E-state index contributed by atoms with van der Waals surface area (Å²) in [5, 5.41) is 2.38. The van der Waals surface area contributed by atoms with Gasteiger partial charge in [0.25, 0.3) is 10.0 Å². The first kappa shape index (κ1) is 22.7. The second kappa shape index (κ2) is 9.44. The van der Waals surface area contributed by atoms with Crippen LogP contribution < -0.4 is 14.4 Å². The number of methoxy groups -OCH3 is 1. The maximum atomic E-state index is 13.5. The molecular formula is C21H17BrF2N2O4S. The molecule has 162 valence electrons. The number of rotatable bonds is 7. The van der Waals surface area contributed by atoms with Gasteiger partial charge in [0, 0.05) is 16.2 Å². The second-order valence-electron chi connectivity index (χ2n) is 6.32. The van der Waals surface area contributed by atoms with Gasteiger partial charge in [-0.2, -0.15) is 0 Å². The number of anilines is 2. The molecule has 0 aliphatic rings. The van der Waals surface area contributed by atoms with E-state index in [4.69, 9.17) is 4.74 Å². The van der Waals surface area contributed by atoms with Crippen molar-refractivity contribution in [3.63, 3.8) is 0 Å². The number of nitrogens with one attached hydrogen (secondary N) is 1. The summed E-state index contributed by atoms with van der Waals surface area (Å²) in [6, 6.07) is 15.4. The summed E-state index contributed by atoms with van der Waals surface area (Å²) in [6.45, 7) is -0.610. The number of sulfonamides is 1. The molecule has 10 heteroatoms. The summed E-state index contributed by atoms with van der Waals surface area (Å²) in [7, 11) is -2.90. The Hall–Kier alpha value is -2.98. The molecule has 3 aromatic carbocycles. The minimum Gasteiger partial charge on any atom is -0.495 e. The van der Waals surface area contributed by atoms with Crippen LogP contribution in [0.25, 0.3) is 0 Å². The van der Waals surface area contributed by atoms with Crippen molar-refractivity contribution in [3.8, 4) is 5.75 Å². The number of halogens is 3. The van der Waals surface area contributed by atoms with E-state index in [1.807, 2.05) is 0 Å². The summed E-state index contributed by atoms with van der Waals surface area (Å²) in [4.78, 5) is 12.5. The average molecular weight is 511 g/mol. The monoisotopic (exact) mass is 510 g/mol. The molecule has 0 aliphatic heterocycles. The maximum absolute atomic E-state index is 13.5. The number of nitrogens with zero attached hydrogens (tertiary/aromatic N) is 1. The lowest BCUT2D eigenvalue weighted by Gasteiger charge is -2.25. The van der Waals surface area contributed by atoms with Gasteiger partial charge >= 0.3 is 0 Å². The minimum absolute atomic E-state index is 0.00524. The molecule has 0 fully saturated rings. The summed E-state index contributed by atoms with van der Waals surface area (Å²) in [5.74, 6) is -2.84. The van der Waals surface area contributed by atoms with Gasteiger partial charge in [0.2, 0.25) is 5.91 Å². The molecule has 1 amide bonds. The number of carbonyl (C=O) groups is 1. The number of carbonyl (C=O) groups excluding carboxylic acids is 1. The molecule has 0 aliphatic carbocycles. The molecule has 0 spiro atoms. The smallest absolute Gasteiger partial charge is 0.268 e. The van der Waals surface area contributed by atoms with Crippen LogP contribution in [-0.2, 0) is 14.8 Å². The van der Waals surface area contributed by atoms with E-state index in [-0.39, 0.29) is 22.0 Å². The van der Waals surface area contributed by atoms with Crippen molar-refractivity contribution in [3.05, 3.63) is 82.8 Å². The van der Waals surface area contributed by atoms with Gasteiger partial charge in [-0.1, -0.05) is 34.1 Å². The Bertz CT molecular complexity index is 1210. The third kappa shape index (κ3) is 5.20. The van der Waals surface area contributed by atoms with Crippen molar-refractivity contribution in [2.45, 2.75) is 4.90 Å². The maximum Gasteiger partial charge on any atom is 0.268 e. The molecular weight excluding hydrogens is 494 g/mol. The zero-order chi connectivity index (χ0) is 22.6. The summed E-state index contributed by atoms with van der Waals surface area (Å²) < 4.78 is 60.1. The van der Waals surface area contributed by atoms with Crippen molar-refractivity contribution in [2.24, 2.45) is 0 Å². The molecule has 0 radical (unpaired) electrons. The van der Waals surface area contributed by atoms with Gasteiger partial charge in [0.1, 0.15) is 17.2 Å². The van der Waals surface area contributed by atoms with Crippen LogP contribution in [0.3, 0.4) is 0 Å². The normalized spacial score (nSPS) is 11.1.